The molecule has 1 fully saturated rings. The number of amides is 2. The van der Waals surface area contributed by atoms with Crippen LogP contribution in [0.15, 0.2) is 71.7 Å². The zero-order valence-corrected chi connectivity index (χ0v) is 22.8. The SMILES string of the molecule is COc1ccc(NC(=O)C2CC(=O)N(CCc3ccc(OC)c(OC)c3)C(=Nc3ccc(Cl)cc3)S2)cc1. The highest BCUT2D eigenvalue weighted by atomic mass is 35.5. The molecular weight excluding hydrogens is 526 g/mol. The molecule has 1 heterocycles. The van der Waals surface area contributed by atoms with E-state index in [1.807, 2.05) is 18.2 Å². The lowest BCUT2D eigenvalue weighted by Gasteiger charge is -2.32. The number of hydrogen-bond donors (Lipinski definition) is 1. The quantitative estimate of drug-likeness (QED) is 0.373. The standard InChI is InChI=1S/C28H28ClN3O5S/c1-35-22-11-9-20(10-12-22)30-27(34)25-17-26(33)32(28(38-25)31-21-7-5-19(29)6-8-21)15-14-18-4-13-23(36-2)24(16-18)37-3/h4-13,16,25H,14-15,17H2,1-3H3,(H,30,34). The van der Waals surface area contributed by atoms with E-state index in [1.54, 1.807) is 74.8 Å². The van der Waals surface area contributed by atoms with Crippen LogP contribution >= 0.6 is 23.4 Å². The lowest BCUT2D eigenvalue weighted by Crippen LogP contribution is -2.46. The molecule has 0 radical (unpaired) electrons. The van der Waals surface area contributed by atoms with E-state index in [9.17, 15) is 9.59 Å². The van der Waals surface area contributed by atoms with Crippen LogP contribution in [0.2, 0.25) is 5.02 Å². The first-order chi connectivity index (χ1) is 18.4. The van der Waals surface area contributed by atoms with Gasteiger partial charge in [-0.05, 0) is 72.6 Å². The van der Waals surface area contributed by atoms with Gasteiger partial charge in [0, 0.05) is 23.7 Å². The van der Waals surface area contributed by atoms with Crippen LogP contribution in [-0.4, -0.2) is 55.0 Å². The summed E-state index contributed by atoms with van der Waals surface area (Å²) in [5, 5.41) is 3.30. The van der Waals surface area contributed by atoms with Gasteiger partial charge in [-0.25, -0.2) is 4.99 Å². The largest absolute Gasteiger partial charge is 0.497 e. The fourth-order valence-corrected chi connectivity index (χ4v) is 5.11. The first-order valence-corrected chi connectivity index (χ1v) is 13.1. The number of amidine groups is 1. The molecule has 1 saturated heterocycles. The van der Waals surface area contributed by atoms with Crippen LogP contribution in [0.1, 0.15) is 12.0 Å². The Morgan fingerprint density at radius 2 is 1.71 bits per heavy atom. The van der Waals surface area contributed by atoms with Gasteiger partial charge in [0.05, 0.1) is 27.0 Å². The summed E-state index contributed by atoms with van der Waals surface area (Å²) < 4.78 is 15.9. The molecule has 1 aliphatic heterocycles. The van der Waals surface area contributed by atoms with Crippen LogP contribution in [0, 0.1) is 0 Å². The monoisotopic (exact) mass is 553 g/mol. The molecule has 0 bridgehead atoms. The summed E-state index contributed by atoms with van der Waals surface area (Å²) in [5.41, 5.74) is 2.23. The molecule has 4 rings (SSSR count). The molecule has 0 saturated carbocycles. The Balaban J connectivity index is 1.54. The second-order valence-corrected chi connectivity index (χ2v) is 9.99. The molecule has 0 aromatic heterocycles. The van der Waals surface area contributed by atoms with Crippen LogP contribution in [0.25, 0.3) is 0 Å². The number of nitrogens with zero attached hydrogens (tertiary/aromatic N) is 2. The number of anilines is 1. The zero-order chi connectivity index (χ0) is 27.1. The number of nitrogens with one attached hydrogen (secondary N) is 1. The minimum Gasteiger partial charge on any atom is -0.497 e. The Bertz CT molecular complexity index is 1320. The van der Waals surface area contributed by atoms with Gasteiger partial charge in [0.25, 0.3) is 0 Å². The number of ether oxygens (including phenoxy) is 3. The van der Waals surface area contributed by atoms with Crippen molar-refractivity contribution < 1.29 is 23.8 Å². The van der Waals surface area contributed by atoms with E-state index in [0.717, 1.165) is 5.56 Å². The number of aliphatic imine (C=N–C) groups is 1. The maximum absolute atomic E-state index is 13.3. The third kappa shape index (κ3) is 6.79. The van der Waals surface area contributed by atoms with Crippen LogP contribution < -0.4 is 19.5 Å². The zero-order valence-electron chi connectivity index (χ0n) is 21.3. The van der Waals surface area contributed by atoms with E-state index in [2.05, 4.69) is 5.32 Å². The lowest BCUT2D eigenvalue weighted by atomic mass is 10.1. The summed E-state index contributed by atoms with van der Waals surface area (Å²) in [6.45, 7) is 0.389. The highest BCUT2D eigenvalue weighted by Crippen LogP contribution is 2.32. The number of methoxy groups -OCH3 is 3. The maximum Gasteiger partial charge on any atom is 0.238 e. The van der Waals surface area contributed by atoms with Crippen molar-refractivity contribution in [3.8, 4) is 17.2 Å². The lowest BCUT2D eigenvalue weighted by molar-refractivity contribution is -0.129. The van der Waals surface area contributed by atoms with E-state index in [4.69, 9.17) is 30.8 Å². The van der Waals surface area contributed by atoms with Gasteiger partial charge >= 0.3 is 0 Å². The second-order valence-electron chi connectivity index (χ2n) is 8.38. The van der Waals surface area contributed by atoms with Gasteiger partial charge < -0.3 is 19.5 Å². The van der Waals surface area contributed by atoms with Crippen molar-refractivity contribution in [1.82, 2.24) is 4.90 Å². The number of hydrogen-bond acceptors (Lipinski definition) is 7. The summed E-state index contributed by atoms with van der Waals surface area (Å²) in [4.78, 5) is 32.8. The van der Waals surface area contributed by atoms with Crippen molar-refractivity contribution in [1.29, 1.82) is 0 Å². The predicted molar refractivity (Wildman–Crippen MR) is 151 cm³/mol. The number of benzene rings is 3. The molecule has 38 heavy (non-hydrogen) atoms. The van der Waals surface area contributed by atoms with Gasteiger partial charge in [-0.1, -0.05) is 29.4 Å². The van der Waals surface area contributed by atoms with Gasteiger partial charge in [-0.3, -0.25) is 14.5 Å². The summed E-state index contributed by atoms with van der Waals surface area (Å²) >= 11 is 7.30. The van der Waals surface area contributed by atoms with Gasteiger partial charge in [-0.15, -0.1) is 0 Å². The molecule has 0 spiro atoms. The third-order valence-electron chi connectivity index (χ3n) is 5.91. The van der Waals surface area contributed by atoms with Gasteiger partial charge in [0.2, 0.25) is 11.8 Å². The molecule has 2 amide bonds. The van der Waals surface area contributed by atoms with Crippen LogP contribution in [0.5, 0.6) is 17.2 Å². The first-order valence-electron chi connectivity index (χ1n) is 11.9. The Morgan fingerprint density at radius 1 is 1.00 bits per heavy atom. The van der Waals surface area contributed by atoms with E-state index in [-0.39, 0.29) is 18.2 Å². The Labute approximate surface area is 230 Å². The van der Waals surface area contributed by atoms with Crippen molar-refractivity contribution in [3.63, 3.8) is 0 Å². The number of halogens is 1. The first kappa shape index (κ1) is 27.3. The van der Waals surface area contributed by atoms with Crippen molar-refractivity contribution in [2.45, 2.75) is 18.1 Å². The van der Waals surface area contributed by atoms with Crippen molar-refractivity contribution in [2.75, 3.05) is 33.2 Å². The van der Waals surface area contributed by atoms with Crippen LogP contribution in [0.3, 0.4) is 0 Å². The highest BCUT2D eigenvalue weighted by molar-refractivity contribution is 8.15. The number of thioether (sulfide) groups is 1. The Morgan fingerprint density at radius 3 is 2.37 bits per heavy atom. The minimum atomic E-state index is -0.631. The molecule has 10 heteroatoms. The van der Waals surface area contributed by atoms with Crippen molar-refractivity contribution in [2.24, 2.45) is 4.99 Å². The highest BCUT2D eigenvalue weighted by Gasteiger charge is 2.35. The molecule has 198 valence electrons. The topological polar surface area (TPSA) is 89.5 Å². The molecule has 0 aliphatic carbocycles. The number of carbonyl (C=O) groups excluding carboxylic acids is 2. The summed E-state index contributed by atoms with van der Waals surface area (Å²) in [6.07, 6.45) is 0.618. The predicted octanol–water partition coefficient (Wildman–Crippen LogP) is 5.57. The average molecular weight is 554 g/mol. The van der Waals surface area contributed by atoms with E-state index in [1.165, 1.54) is 11.8 Å². The van der Waals surface area contributed by atoms with E-state index < -0.39 is 5.25 Å². The molecule has 8 nitrogen and oxygen atoms in total. The normalized spacial score (nSPS) is 16.3. The maximum atomic E-state index is 13.3. The van der Waals surface area contributed by atoms with Crippen LogP contribution in [-0.2, 0) is 16.0 Å². The fraction of sp³-hybridized carbons (Fsp3) is 0.250. The Hall–Kier alpha value is -3.69. The fourth-order valence-electron chi connectivity index (χ4n) is 3.86. The molecule has 3 aromatic carbocycles. The molecule has 3 aromatic rings. The van der Waals surface area contributed by atoms with E-state index >= 15 is 0 Å². The molecule has 1 aliphatic rings. The van der Waals surface area contributed by atoms with Crippen molar-refractivity contribution in [3.05, 3.63) is 77.3 Å². The summed E-state index contributed by atoms with van der Waals surface area (Å²) in [5.74, 6) is 1.50. The van der Waals surface area contributed by atoms with Gasteiger partial charge in [-0.2, -0.15) is 0 Å². The minimum absolute atomic E-state index is 0.0538. The number of carbonyl (C=O) groups is 2. The average Bonchev–Trinajstić information content (AvgIpc) is 2.93. The molecular formula is C28H28ClN3O5S. The summed E-state index contributed by atoms with van der Waals surface area (Å²) in [7, 11) is 4.75. The van der Waals surface area contributed by atoms with E-state index in [0.29, 0.717) is 51.8 Å². The third-order valence-corrected chi connectivity index (χ3v) is 7.35. The molecule has 1 unspecified atom stereocenters. The second kappa shape index (κ2) is 12.7. The molecule has 1 atom stereocenters. The molecule has 1 N–H and O–H groups in total. The number of rotatable bonds is 9. The van der Waals surface area contributed by atoms with Gasteiger partial charge in [0.1, 0.15) is 11.0 Å². The Kier molecular flexibility index (Phi) is 9.15. The van der Waals surface area contributed by atoms with Crippen LogP contribution in [0.4, 0.5) is 11.4 Å². The summed E-state index contributed by atoms with van der Waals surface area (Å²) in [6, 6.07) is 19.7. The van der Waals surface area contributed by atoms with Gasteiger partial charge in [0.15, 0.2) is 16.7 Å². The van der Waals surface area contributed by atoms with Crippen molar-refractivity contribution >= 4 is 51.7 Å². The smallest absolute Gasteiger partial charge is 0.238 e.